The van der Waals surface area contributed by atoms with Crippen LogP contribution < -0.4 is 32.3 Å². The molecule has 1 heterocycles. The zero-order valence-corrected chi connectivity index (χ0v) is 15.3. The van der Waals surface area contributed by atoms with Crippen molar-refractivity contribution in [1.29, 1.82) is 0 Å². The molecule has 0 bridgehead atoms. The van der Waals surface area contributed by atoms with Crippen molar-refractivity contribution < 1.29 is 9.59 Å². The highest BCUT2D eigenvalue weighted by Gasteiger charge is 2.25. The molecule has 3 atom stereocenters. The molecule has 2 aromatic rings. The molecule has 1 aliphatic heterocycles. The van der Waals surface area contributed by atoms with E-state index in [0.29, 0.717) is 6.54 Å². The topological polar surface area (TPSA) is 120 Å². The minimum Gasteiger partial charge on any atom is -0.370 e. The Morgan fingerprint density at radius 3 is 2.70 bits per heavy atom. The fraction of sp³-hybridized carbons (Fsp3) is 0.368. The average molecular weight is 370 g/mol. The molecule has 144 valence electrons. The van der Waals surface area contributed by atoms with Crippen molar-refractivity contribution in [3.63, 3.8) is 0 Å². The minimum absolute atomic E-state index is 0.0217. The third-order valence-corrected chi connectivity index (χ3v) is 4.45. The third-order valence-electron chi connectivity index (χ3n) is 4.45. The number of rotatable bonds is 6. The van der Waals surface area contributed by atoms with E-state index in [1.54, 1.807) is 0 Å². The zero-order chi connectivity index (χ0) is 19.2. The van der Waals surface area contributed by atoms with E-state index < -0.39 is 0 Å². The fourth-order valence-electron chi connectivity index (χ4n) is 3.18. The molecule has 1 aliphatic rings. The van der Waals surface area contributed by atoms with E-state index in [1.807, 2.05) is 49.4 Å². The molecule has 0 radical (unpaired) electrons. The van der Waals surface area contributed by atoms with Gasteiger partial charge in [0.25, 0.3) is 0 Å². The second-order valence-corrected chi connectivity index (χ2v) is 6.79. The Kier molecular flexibility index (Phi) is 6.23. The molecular weight excluding hydrogens is 344 g/mol. The number of benzene rings is 2. The van der Waals surface area contributed by atoms with Crippen molar-refractivity contribution in [3.8, 4) is 0 Å². The molecule has 0 spiro atoms. The van der Waals surface area contributed by atoms with Crippen LogP contribution in [0.2, 0.25) is 0 Å². The van der Waals surface area contributed by atoms with Gasteiger partial charge in [0, 0.05) is 24.7 Å². The van der Waals surface area contributed by atoms with Crippen LogP contribution in [0.4, 0.5) is 10.5 Å². The number of primary amides is 1. The number of anilines is 1. The Morgan fingerprint density at radius 1 is 1.15 bits per heavy atom. The van der Waals surface area contributed by atoms with Gasteiger partial charge in [0.05, 0.1) is 6.17 Å². The van der Waals surface area contributed by atoms with Gasteiger partial charge in [-0.15, -0.1) is 0 Å². The highest BCUT2D eigenvalue weighted by atomic mass is 16.2. The van der Waals surface area contributed by atoms with Crippen molar-refractivity contribution in [1.82, 2.24) is 21.3 Å². The SMILES string of the molecule is CC1CC(NCCC(N)=O)NC(NC(=O)Nc2ccc3ccccc3c2)N1. The molecule has 8 nitrogen and oxygen atoms in total. The number of hydrogen-bond acceptors (Lipinski definition) is 5. The first-order valence-corrected chi connectivity index (χ1v) is 9.10. The molecule has 1 saturated heterocycles. The van der Waals surface area contributed by atoms with E-state index in [4.69, 9.17) is 5.73 Å². The number of fused-ring (bicyclic) bond motifs is 1. The molecule has 3 rings (SSSR count). The number of carbonyl (C=O) groups is 2. The Morgan fingerprint density at radius 2 is 1.93 bits per heavy atom. The molecule has 7 N–H and O–H groups in total. The predicted molar refractivity (Wildman–Crippen MR) is 106 cm³/mol. The second kappa shape index (κ2) is 8.81. The van der Waals surface area contributed by atoms with Gasteiger partial charge in [-0.05, 0) is 36.2 Å². The van der Waals surface area contributed by atoms with Crippen LogP contribution in [0.15, 0.2) is 42.5 Å². The number of hydrogen-bond donors (Lipinski definition) is 6. The van der Waals surface area contributed by atoms with E-state index in [9.17, 15) is 9.59 Å². The molecule has 1 fully saturated rings. The summed E-state index contributed by atoms with van der Waals surface area (Å²) in [6.07, 6.45) is 0.691. The maximum atomic E-state index is 12.3. The smallest absolute Gasteiger partial charge is 0.321 e. The van der Waals surface area contributed by atoms with Crippen LogP contribution in [-0.2, 0) is 4.79 Å². The van der Waals surface area contributed by atoms with Crippen molar-refractivity contribution >= 4 is 28.4 Å². The molecule has 0 saturated carbocycles. The first-order valence-electron chi connectivity index (χ1n) is 9.10. The molecule has 3 amide bonds. The maximum absolute atomic E-state index is 12.3. The lowest BCUT2D eigenvalue weighted by Crippen LogP contribution is -2.67. The van der Waals surface area contributed by atoms with Gasteiger partial charge < -0.3 is 21.7 Å². The van der Waals surface area contributed by atoms with E-state index in [2.05, 4.69) is 26.6 Å². The number of amides is 3. The van der Waals surface area contributed by atoms with Gasteiger partial charge in [-0.3, -0.25) is 15.4 Å². The number of carbonyl (C=O) groups excluding carboxylic acids is 2. The first kappa shape index (κ1) is 19.1. The van der Waals surface area contributed by atoms with Crippen LogP contribution in [0.3, 0.4) is 0 Å². The highest BCUT2D eigenvalue weighted by Crippen LogP contribution is 2.18. The minimum atomic E-state index is -0.389. The number of urea groups is 1. The summed E-state index contributed by atoms with van der Waals surface area (Å²) < 4.78 is 0. The summed E-state index contributed by atoms with van der Waals surface area (Å²) in [6, 6.07) is 13.7. The molecule has 0 aliphatic carbocycles. The van der Waals surface area contributed by atoms with Crippen molar-refractivity contribution in [2.24, 2.45) is 5.73 Å². The van der Waals surface area contributed by atoms with E-state index >= 15 is 0 Å². The third kappa shape index (κ3) is 5.65. The van der Waals surface area contributed by atoms with Crippen LogP contribution in [0.25, 0.3) is 10.8 Å². The van der Waals surface area contributed by atoms with Gasteiger partial charge in [-0.25, -0.2) is 4.79 Å². The largest absolute Gasteiger partial charge is 0.370 e. The van der Waals surface area contributed by atoms with Gasteiger partial charge in [0.1, 0.15) is 6.29 Å². The van der Waals surface area contributed by atoms with Crippen LogP contribution in [0.5, 0.6) is 0 Å². The summed E-state index contributed by atoms with van der Waals surface area (Å²) in [5.74, 6) is -0.339. The highest BCUT2D eigenvalue weighted by molar-refractivity contribution is 5.93. The van der Waals surface area contributed by atoms with Crippen LogP contribution in [0, 0.1) is 0 Å². The second-order valence-electron chi connectivity index (χ2n) is 6.79. The van der Waals surface area contributed by atoms with Gasteiger partial charge in [0.2, 0.25) is 5.91 Å². The Bertz CT molecular complexity index is 812. The lowest BCUT2D eigenvalue weighted by molar-refractivity contribution is -0.117. The fourth-order valence-corrected chi connectivity index (χ4v) is 3.18. The standard InChI is InChI=1S/C19H26N6O2/c1-12-10-17(21-9-8-16(20)26)24-18(22-12)25-19(27)23-15-7-6-13-4-2-3-5-14(13)11-15/h2-7,11-12,17-18,21-22,24H,8-10H2,1H3,(H2,20,26)(H2,23,25,27). The maximum Gasteiger partial charge on any atom is 0.321 e. The molecule has 2 aromatic carbocycles. The van der Waals surface area contributed by atoms with Crippen LogP contribution in [0.1, 0.15) is 19.8 Å². The summed E-state index contributed by atoms with van der Waals surface area (Å²) in [6.45, 7) is 2.54. The van der Waals surface area contributed by atoms with Crippen molar-refractivity contribution in [2.45, 2.75) is 38.3 Å². The quantitative estimate of drug-likeness (QED) is 0.453. The van der Waals surface area contributed by atoms with Gasteiger partial charge in [-0.2, -0.15) is 0 Å². The number of nitrogens with two attached hydrogens (primary N) is 1. The lowest BCUT2D eigenvalue weighted by atomic mass is 10.1. The van der Waals surface area contributed by atoms with Crippen molar-refractivity contribution in [3.05, 3.63) is 42.5 Å². The normalized spacial score (nSPS) is 22.3. The first-order chi connectivity index (χ1) is 13.0. The van der Waals surface area contributed by atoms with Gasteiger partial charge >= 0.3 is 6.03 Å². The van der Waals surface area contributed by atoms with Crippen LogP contribution >= 0.6 is 0 Å². The number of nitrogens with one attached hydrogen (secondary N) is 5. The Hall–Kier alpha value is -2.68. The van der Waals surface area contributed by atoms with E-state index in [0.717, 1.165) is 22.9 Å². The lowest BCUT2D eigenvalue weighted by Gasteiger charge is -2.36. The predicted octanol–water partition coefficient (Wildman–Crippen LogP) is 1.01. The zero-order valence-electron chi connectivity index (χ0n) is 15.3. The van der Waals surface area contributed by atoms with Gasteiger partial charge in [0.15, 0.2) is 0 Å². The Balaban J connectivity index is 1.53. The van der Waals surface area contributed by atoms with E-state index in [1.165, 1.54) is 0 Å². The molecule has 27 heavy (non-hydrogen) atoms. The molecule has 0 aromatic heterocycles. The summed E-state index contributed by atoms with van der Waals surface area (Å²) in [4.78, 5) is 23.2. The van der Waals surface area contributed by atoms with E-state index in [-0.39, 0.29) is 36.9 Å². The summed E-state index contributed by atoms with van der Waals surface area (Å²) in [5, 5.41) is 17.7. The summed E-state index contributed by atoms with van der Waals surface area (Å²) >= 11 is 0. The monoisotopic (exact) mass is 370 g/mol. The summed E-state index contributed by atoms with van der Waals surface area (Å²) in [5.41, 5.74) is 5.89. The molecular formula is C19H26N6O2. The molecule has 3 unspecified atom stereocenters. The van der Waals surface area contributed by atoms with Crippen molar-refractivity contribution in [2.75, 3.05) is 11.9 Å². The summed E-state index contributed by atoms with van der Waals surface area (Å²) in [7, 11) is 0. The van der Waals surface area contributed by atoms with Crippen LogP contribution in [-0.4, -0.2) is 37.0 Å². The molecule has 8 heteroatoms. The van der Waals surface area contributed by atoms with Gasteiger partial charge in [-0.1, -0.05) is 30.3 Å². The Labute approximate surface area is 158 Å². The average Bonchev–Trinajstić information content (AvgIpc) is 2.60.